The Morgan fingerprint density at radius 3 is 1.76 bits per heavy atom. The Hall–Kier alpha value is -6.58. The summed E-state index contributed by atoms with van der Waals surface area (Å²) in [6.45, 7) is 0. The van der Waals surface area contributed by atoms with Gasteiger partial charge in [-0.3, -0.25) is 0 Å². The number of aromatic nitrogens is 2. The number of benzene rings is 8. The first-order valence-corrected chi connectivity index (χ1v) is 16.8. The third-order valence-corrected chi connectivity index (χ3v) is 10.3. The van der Waals surface area contributed by atoms with Gasteiger partial charge in [-0.05, 0) is 94.7 Å². The lowest BCUT2D eigenvalue weighted by Gasteiger charge is -2.11. The third kappa shape index (κ3) is 3.78. The quantitative estimate of drug-likeness (QED) is 0.192. The number of hydrogen-bond acceptors (Lipinski definition) is 1. The fourth-order valence-electron chi connectivity index (χ4n) is 8.09. The van der Waals surface area contributed by atoms with Crippen LogP contribution in [0, 0.1) is 0 Å². The van der Waals surface area contributed by atoms with Crippen LogP contribution in [0.1, 0.15) is 0 Å². The van der Waals surface area contributed by atoms with Crippen molar-refractivity contribution < 1.29 is 4.42 Å². The molecule has 11 rings (SSSR count). The van der Waals surface area contributed by atoms with E-state index in [2.05, 4.69) is 173 Å². The van der Waals surface area contributed by atoms with Crippen LogP contribution in [0.4, 0.5) is 0 Å². The molecule has 0 aliphatic carbocycles. The van der Waals surface area contributed by atoms with E-state index in [-0.39, 0.29) is 0 Å². The smallest absolute Gasteiger partial charge is 0.137 e. The summed E-state index contributed by atoms with van der Waals surface area (Å²) in [4.78, 5) is 0. The number of nitrogens with zero attached hydrogens (tertiary/aromatic N) is 2. The Morgan fingerprint density at radius 2 is 0.939 bits per heavy atom. The summed E-state index contributed by atoms with van der Waals surface area (Å²) in [5.41, 5.74) is 11.3. The van der Waals surface area contributed by atoms with Gasteiger partial charge in [-0.15, -0.1) is 0 Å². The van der Waals surface area contributed by atoms with Gasteiger partial charge in [0.05, 0.1) is 33.1 Å². The van der Waals surface area contributed by atoms with Gasteiger partial charge in [0.2, 0.25) is 0 Å². The fourth-order valence-corrected chi connectivity index (χ4v) is 8.09. The highest BCUT2D eigenvalue weighted by molar-refractivity contribution is 6.17. The molecule has 3 aromatic heterocycles. The molecule has 0 spiro atoms. The molecule has 49 heavy (non-hydrogen) atoms. The number of rotatable bonds is 3. The molecular formula is C46H28N2O. The molecule has 228 valence electrons. The highest BCUT2D eigenvalue weighted by Crippen LogP contribution is 2.42. The lowest BCUT2D eigenvalue weighted by molar-refractivity contribution is 0.669. The predicted octanol–water partition coefficient (Wildman–Crippen LogP) is 12.6. The van der Waals surface area contributed by atoms with Gasteiger partial charge >= 0.3 is 0 Å². The SMILES string of the molecule is c1ccc(-n2c3ccccc3c3cc(-c4ccc5c(c4)c4cc6ccccc6cc4n5-c4cccc5oc6ccccc6c45)ccc32)cc1. The minimum atomic E-state index is 0.897. The van der Waals surface area contributed by atoms with Crippen molar-refractivity contribution in [2.24, 2.45) is 0 Å². The number of hydrogen-bond donors (Lipinski definition) is 0. The van der Waals surface area contributed by atoms with Gasteiger partial charge in [-0.2, -0.15) is 0 Å². The van der Waals surface area contributed by atoms with E-state index in [1.807, 2.05) is 6.07 Å². The molecule has 11 aromatic rings. The molecule has 0 saturated heterocycles. The average molecular weight is 625 g/mol. The Bertz CT molecular complexity index is 3100. The first kappa shape index (κ1) is 26.5. The van der Waals surface area contributed by atoms with E-state index in [0.29, 0.717) is 0 Å². The van der Waals surface area contributed by atoms with Crippen LogP contribution in [0.15, 0.2) is 174 Å². The third-order valence-electron chi connectivity index (χ3n) is 10.3. The van der Waals surface area contributed by atoms with Crippen LogP contribution in [0.2, 0.25) is 0 Å². The van der Waals surface area contributed by atoms with Crippen LogP contribution in [0.5, 0.6) is 0 Å². The zero-order valence-corrected chi connectivity index (χ0v) is 26.5. The summed E-state index contributed by atoms with van der Waals surface area (Å²) in [5, 5.41) is 9.71. The molecule has 3 nitrogen and oxygen atoms in total. The molecule has 3 heterocycles. The molecule has 3 heteroatoms. The summed E-state index contributed by atoms with van der Waals surface area (Å²) in [5.74, 6) is 0. The second-order valence-corrected chi connectivity index (χ2v) is 13.0. The van der Waals surface area contributed by atoms with Gasteiger partial charge in [0.1, 0.15) is 11.2 Å². The van der Waals surface area contributed by atoms with Crippen LogP contribution in [-0.4, -0.2) is 9.13 Å². The Balaban J connectivity index is 1.19. The second kappa shape index (κ2) is 9.96. The fraction of sp³-hybridized carbons (Fsp3) is 0. The van der Waals surface area contributed by atoms with Crippen LogP contribution >= 0.6 is 0 Å². The van der Waals surface area contributed by atoms with Crippen molar-refractivity contribution in [3.05, 3.63) is 170 Å². The summed E-state index contributed by atoms with van der Waals surface area (Å²) in [6, 6.07) is 61.4. The van der Waals surface area contributed by atoms with E-state index >= 15 is 0 Å². The molecule has 0 unspecified atom stereocenters. The van der Waals surface area contributed by atoms with Crippen molar-refractivity contribution in [1.82, 2.24) is 9.13 Å². The molecule has 0 amide bonds. The molecule has 0 bridgehead atoms. The van der Waals surface area contributed by atoms with Crippen molar-refractivity contribution >= 4 is 76.3 Å². The van der Waals surface area contributed by atoms with Crippen LogP contribution < -0.4 is 0 Å². The van der Waals surface area contributed by atoms with E-state index in [0.717, 1.165) is 27.6 Å². The van der Waals surface area contributed by atoms with Gasteiger partial charge in [-0.1, -0.05) is 97.1 Å². The van der Waals surface area contributed by atoms with Gasteiger partial charge < -0.3 is 13.6 Å². The Labute approximate surface area is 281 Å². The maximum Gasteiger partial charge on any atom is 0.137 e. The van der Waals surface area contributed by atoms with Crippen LogP contribution in [0.25, 0.3) is 98.8 Å². The minimum absolute atomic E-state index is 0.897. The zero-order valence-electron chi connectivity index (χ0n) is 26.5. The van der Waals surface area contributed by atoms with Gasteiger partial charge in [-0.25, -0.2) is 0 Å². The summed E-state index contributed by atoms with van der Waals surface area (Å²) in [6.07, 6.45) is 0. The van der Waals surface area contributed by atoms with E-state index in [1.54, 1.807) is 0 Å². The minimum Gasteiger partial charge on any atom is -0.456 e. The number of fused-ring (bicyclic) bond motifs is 10. The first-order valence-electron chi connectivity index (χ1n) is 16.8. The topological polar surface area (TPSA) is 23.0 Å². The van der Waals surface area contributed by atoms with Crippen LogP contribution in [0.3, 0.4) is 0 Å². The number of para-hydroxylation sites is 3. The van der Waals surface area contributed by atoms with E-state index < -0.39 is 0 Å². The van der Waals surface area contributed by atoms with E-state index in [1.165, 1.54) is 71.2 Å². The molecule has 0 radical (unpaired) electrons. The molecule has 8 aromatic carbocycles. The summed E-state index contributed by atoms with van der Waals surface area (Å²) < 4.78 is 11.1. The van der Waals surface area contributed by atoms with Crippen molar-refractivity contribution in [2.75, 3.05) is 0 Å². The lowest BCUT2D eigenvalue weighted by atomic mass is 10.00. The van der Waals surface area contributed by atoms with E-state index in [9.17, 15) is 0 Å². The average Bonchev–Trinajstić information content (AvgIpc) is 3.81. The molecule has 0 fully saturated rings. The van der Waals surface area contributed by atoms with E-state index in [4.69, 9.17) is 4.42 Å². The van der Waals surface area contributed by atoms with Gasteiger partial charge in [0.15, 0.2) is 0 Å². The van der Waals surface area contributed by atoms with Gasteiger partial charge in [0.25, 0.3) is 0 Å². The molecular weight excluding hydrogens is 597 g/mol. The summed E-state index contributed by atoms with van der Waals surface area (Å²) >= 11 is 0. The van der Waals surface area contributed by atoms with Crippen molar-refractivity contribution in [2.45, 2.75) is 0 Å². The highest BCUT2D eigenvalue weighted by Gasteiger charge is 2.19. The zero-order chi connectivity index (χ0) is 32.1. The Kier molecular flexibility index (Phi) is 5.38. The normalized spacial score (nSPS) is 12.1. The van der Waals surface area contributed by atoms with Crippen molar-refractivity contribution in [1.29, 1.82) is 0 Å². The Morgan fingerprint density at radius 1 is 0.347 bits per heavy atom. The molecule has 0 N–H and O–H groups in total. The molecule has 0 aliphatic heterocycles. The van der Waals surface area contributed by atoms with Crippen molar-refractivity contribution in [3.8, 4) is 22.5 Å². The molecule has 0 aliphatic rings. The maximum absolute atomic E-state index is 6.34. The predicted molar refractivity (Wildman–Crippen MR) is 205 cm³/mol. The standard InChI is InChI=1S/C46H28N2O/c1-2-13-33(14-3-1)47-39-17-8-6-15-34(39)36-26-31(21-23-40(36)47)32-22-24-41-37(27-32)38-25-29-11-4-5-12-30(29)28-43(38)48(41)42-18-10-20-45-46(42)35-16-7-9-19-44(35)49-45/h1-28H. The molecule has 0 atom stereocenters. The van der Waals surface area contributed by atoms with Crippen molar-refractivity contribution in [3.63, 3.8) is 0 Å². The lowest BCUT2D eigenvalue weighted by Crippen LogP contribution is -1.95. The summed E-state index contributed by atoms with van der Waals surface area (Å²) in [7, 11) is 0. The van der Waals surface area contributed by atoms with Gasteiger partial charge in [0, 0.05) is 32.6 Å². The molecule has 0 saturated carbocycles. The second-order valence-electron chi connectivity index (χ2n) is 13.0. The first-order chi connectivity index (χ1) is 24.3. The maximum atomic E-state index is 6.34. The number of furan rings is 1. The van der Waals surface area contributed by atoms with Crippen LogP contribution in [-0.2, 0) is 0 Å². The monoisotopic (exact) mass is 624 g/mol. The largest absolute Gasteiger partial charge is 0.456 e. The highest BCUT2D eigenvalue weighted by atomic mass is 16.3.